The van der Waals surface area contributed by atoms with Crippen molar-refractivity contribution >= 4 is 16.3 Å². The molecule has 2 aliphatic heterocycles. The van der Waals surface area contributed by atoms with Crippen molar-refractivity contribution in [3.63, 3.8) is 0 Å². The third kappa shape index (κ3) is 2.36. The molecule has 21 heavy (non-hydrogen) atoms. The predicted molar refractivity (Wildman–Crippen MR) is 77.9 cm³/mol. The number of likely N-dealkylation sites (N-methyl/N-ethyl adjacent to an activating group) is 1. The molecule has 4 heterocycles. The van der Waals surface area contributed by atoms with Crippen LogP contribution in [-0.4, -0.2) is 58.8 Å². The molecule has 2 fully saturated rings. The average Bonchev–Trinajstić information content (AvgIpc) is 3.22. The maximum atomic E-state index is 5.62. The van der Waals surface area contributed by atoms with Gasteiger partial charge in [0, 0.05) is 18.6 Å². The van der Waals surface area contributed by atoms with Crippen molar-refractivity contribution in [2.75, 3.05) is 33.0 Å². The molecule has 2 aliphatic rings. The van der Waals surface area contributed by atoms with Gasteiger partial charge in [-0.05, 0) is 13.0 Å². The Morgan fingerprint density at radius 3 is 3.05 bits per heavy atom. The maximum absolute atomic E-state index is 5.62. The van der Waals surface area contributed by atoms with Crippen LogP contribution >= 0.6 is 11.3 Å². The molecule has 3 unspecified atom stereocenters. The first kappa shape index (κ1) is 13.6. The van der Waals surface area contributed by atoms with Gasteiger partial charge in [-0.25, -0.2) is 0 Å². The Balaban J connectivity index is 1.64. The fourth-order valence-electron chi connectivity index (χ4n) is 3.05. The number of nitrogens with one attached hydrogen (secondary N) is 1. The lowest BCUT2D eigenvalue weighted by Gasteiger charge is -2.15. The van der Waals surface area contributed by atoms with Crippen LogP contribution in [0.25, 0.3) is 4.96 Å². The summed E-state index contributed by atoms with van der Waals surface area (Å²) in [6.07, 6.45) is 1.00. The van der Waals surface area contributed by atoms with E-state index in [0.29, 0.717) is 17.9 Å². The van der Waals surface area contributed by atoms with Crippen molar-refractivity contribution < 1.29 is 9.47 Å². The highest BCUT2D eigenvalue weighted by Gasteiger charge is 2.33. The zero-order valence-corrected chi connectivity index (χ0v) is 12.8. The molecule has 4 rings (SSSR count). The molecule has 2 aromatic rings. The van der Waals surface area contributed by atoms with Gasteiger partial charge >= 0.3 is 0 Å². The Morgan fingerprint density at radius 2 is 2.24 bits per heavy atom. The predicted octanol–water partition coefficient (Wildman–Crippen LogP) is 0.782. The largest absolute Gasteiger partial charge is 0.381 e. The van der Waals surface area contributed by atoms with Crippen molar-refractivity contribution in [3.8, 4) is 0 Å². The molecule has 0 spiro atoms. The van der Waals surface area contributed by atoms with E-state index in [2.05, 4.69) is 22.4 Å². The van der Waals surface area contributed by atoms with Gasteiger partial charge in [0.15, 0.2) is 5.82 Å². The molecule has 8 heteroatoms. The van der Waals surface area contributed by atoms with Crippen LogP contribution in [0.3, 0.4) is 0 Å². The lowest BCUT2D eigenvalue weighted by atomic mass is 10.1. The van der Waals surface area contributed by atoms with Crippen LogP contribution < -0.4 is 5.32 Å². The molecule has 7 nitrogen and oxygen atoms in total. The van der Waals surface area contributed by atoms with E-state index in [4.69, 9.17) is 14.6 Å². The molecule has 1 N–H and O–H groups in total. The third-order valence-corrected chi connectivity index (χ3v) is 5.22. The number of hydrogen-bond acceptors (Lipinski definition) is 7. The SMILES string of the molecule is CCNC1COCC1c1nn2c(C3CCOC3)nnc2s1. The molecule has 0 saturated carbocycles. The van der Waals surface area contributed by atoms with Crippen LogP contribution in [0.15, 0.2) is 0 Å². The van der Waals surface area contributed by atoms with E-state index < -0.39 is 0 Å². The molecular weight excluding hydrogens is 290 g/mol. The van der Waals surface area contributed by atoms with Crippen molar-refractivity contribution in [1.82, 2.24) is 25.1 Å². The van der Waals surface area contributed by atoms with Crippen LogP contribution in [0.2, 0.25) is 0 Å². The normalized spacial score (nSPS) is 29.7. The Hall–Kier alpha value is -1.09. The monoisotopic (exact) mass is 309 g/mol. The maximum Gasteiger partial charge on any atom is 0.234 e. The van der Waals surface area contributed by atoms with Crippen LogP contribution in [0.5, 0.6) is 0 Å². The van der Waals surface area contributed by atoms with Crippen LogP contribution in [-0.2, 0) is 9.47 Å². The highest BCUT2D eigenvalue weighted by molar-refractivity contribution is 7.16. The van der Waals surface area contributed by atoms with E-state index in [0.717, 1.165) is 55.2 Å². The fraction of sp³-hybridized carbons (Fsp3) is 0.769. The second-order valence-corrected chi connectivity index (χ2v) is 6.55. The van der Waals surface area contributed by atoms with Gasteiger partial charge in [0.1, 0.15) is 5.01 Å². The number of hydrogen-bond donors (Lipinski definition) is 1. The molecule has 0 radical (unpaired) electrons. The zero-order chi connectivity index (χ0) is 14.2. The van der Waals surface area contributed by atoms with Gasteiger partial charge in [-0.1, -0.05) is 18.3 Å². The fourth-order valence-corrected chi connectivity index (χ4v) is 4.05. The molecule has 2 saturated heterocycles. The molecule has 3 atom stereocenters. The number of rotatable bonds is 4. The summed E-state index contributed by atoms with van der Waals surface area (Å²) in [5.41, 5.74) is 0. The Labute approximate surface area is 126 Å². The van der Waals surface area contributed by atoms with Gasteiger partial charge in [-0.3, -0.25) is 0 Å². The Bertz CT molecular complexity index is 621. The van der Waals surface area contributed by atoms with E-state index in [1.54, 1.807) is 11.3 Å². The van der Waals surface area contributed by atoms with Crippen LogP contribution in [0.4, 0.5) is 0 Å². The first-order valence-electron chi connectivity index (χ1n) is 7.47. The Kier molecular flexibility index (Phi) is 3.62. The summed E-state index contributed by atoms with van der Waals surface area (Å²) in [6.45, 7) is 6.06. The smallest absolute Gasteiger partial charge is 0.234 e. The summed E-state index contributed by atoms with van der Waals surface area (Å²) in [5, 5.41) is 17.9. The van der Waals surface area contributed by atoms with E-state index >= 15 is 0 Å². The molecular formula is C13H19N5O2S. The van der Waals surface area contributed by atoms with Crippen molar-refractivity contribution in [2.24, 2.45) is 0 Å². The summed E-state index contributed by atoms with van der Waals surface area (Å²) < 4.78 is 13.0. The molecule has 0 bridgehead atoms. The van der Waals surface area contributed by atoms with Gasteiger partial charge in [0.05, 0.1) is 25.7 Å². The second kappa shape index (κ2) is 5.60. The zero-order valence-electron chi connectivity index (χ0n) is 12.0. The first-order valence-corrected chi connectivity index (χ1v) is 8.29. The third-order valence-electron chi connectivity index (χ3n) is 4.19. The van der Waals surface area contributed by atoms with Gasteiger partial charge in [-0.15, -0.1) is 10.2 Å². The molecule has 114 valence electrons. The van der Waals surface area contributed by atoms with E-state index in [-0.39, 0.29) is 0 Å². The van der Waals surface area contributed by atoms with E-state index in [9.17, 15) is 0 Å². The topological polar surface area (TPSA) is 73.6 Å². The quantitative estimate of drug-likeness (QED) is 0.900. The van der Waals surface area contributed by atoms with E-state index in [1.807, 2.05) is 4.52 Å². The van der Waals surface area contributed by atoms with Crippen molar-refractivity contribution in [3.05, 3.63) is 10.8 Å². The van der Waals surface area contributed by atoms with Gasteiger partial charge < -0.3 is 14.8 Å². The lowest BCUT2D eigenvalue weighted by Crippen LogP contribution is -2.34. The van der Waals surface area contributed by atoms with Gasteiger partial charge in [0.2, 0.25) is 4.96 Å². The van der Waals surface area contributed by atoms with Gasteiger partial charge in [-0.2, -0.15) is 9.61 Å². The van der Waals surface area contributed by atoms with Gasteiger partial charge in [0.25, 0.3) is 0 Å². The highest BCUT2D eigenvalue weighted by atomic mass is 32.1. The molecule has 0 aliphatic carbocycles. The summed E-state index contributed by atoms with van der Waals surface area (Å²) in [6, 6.07) is 0.345. The minimum absolute atomic E-state index is 0.310. The number of aromatic nitrogens is 4. The lowest BCUT2D eigenvalue weighted by molar-refractivity contribution is 0.187. The number of nitrogens with zero attached hydrogens (tertiary/aromatic N) is 4. The average molecular weight is 309 g/mol. The number of fused-ring (bicyclic) bond motifs is 1. The summed E-state index contributed by atoms with van der Waals surface area (Å²) >= 11 is 1.62. The van der Waals surface area contributed by atoms with E-state index in [1.165, 1.54) is 0 Å². The minimum Gasteiger partial charge on any atom is -0.381 e. The second-order valence-electron chi connectivity index (χ2n) is 5.56. The summed E-state index contributed by atoms with van der Waals surface area (Å²) in [5.74, 6) is 1.56. The van der Waals surface area contributed by atoms with Crippen molar-refractivity contribution in [1.29, 1.82) is 0 Å². The van der Waals surface area contributed by atoms with Crippen molar-refractivity contribution in [2.45, 2.75) is 31.2 Å². The number of ether oxygens (including phenoxy) is 2. The standard InChI is InChI=1S/C13H19N5O2S/c1-2-14-10-7-20-6-9(10)12-17-18-11(8-3-4-19-5-8)15-16-13(18)21-12/h8-10,14H,2-7H2,1H3. The molecule has 0 aromatic carbocycles. The molecule has 0 amide bonds. The summed E-state index contributed by atoms with van der Waals surface area (Å²) in [4.78, 5) is 0.869. The molecule has 2 aromatic heterocycles. The minimum atomic E-state index is 0.310. The first-order chi connectivity index (χ1) is 10.4. The summed E-state index contributed by atoms with van der Waals surface area (Å²) in [7, 11) is 0. The highest BCUT2D eigenvalue weighted by Crippen LogP contribution is 2.31. The van der Waals surface area contributed by atoms with Crippen LogP contribution in [0, 0.1) is 0 Å². The Morgan fingerprint density at radius 1 is 1.29 bits per heavy atom. The van der Waals surface area contributed by atoms with Crippen LogP contribution in [0.1, 0.15) is 36.0 Å².